The second kappa shape index (κ2) is 6.16. The molecule has 2 aromatic rings. The van der Waals surface area contributed by atoms with Gasteiger partial charge in [0.2, 0.25) is 0 Å². The van der Waals surface area contributed by atoms with E-state index in [2.05, 4.69) is 48.0 Å². The van der Waals surface area contributed by atoms with Crippen LogP contribution in [-0.2, 0) is 17.6 Å². The molecule has 0 aliphatic rings. The fourth-order valence-electron chi connectivity index (χ4n) is 2.34. The van der Waals surface area contributed by atoms with Crippen LogP contribution in [-0.4, -0.2) is 5.78 Å². The summed E-state index contributed by atoms with van der Waals surface area (Å²) in [6, 6.07) is 14.2. The molecule has 0 unspecified atom stereocenters. The zero-order chi connectivity index (χ0) is 13.8. The van der Waals surface area contributed by atoms with Crippen LogP contribution in [0.3, 0.4) is 0 Å². The molecule has 2 heteroatoms. The van der Waals surface area contributed by atoms with E-state index in [1.807, 2.05) is 24.3 Å². The Hall–Kier alpha value is -1.41. The molecule has 0 saturated heterocycles. The van der Waals surface area contributed by atoms with Gasteiger partial charge in [-0.2, -0.15) is 0 Å². The second-order valence-corrected chi connectivity index (χ2v) is 5.93. The smallest absolute Gasteiger partial charge is 0.141 e. The summed E-state index contributed by atoms with van der Waals surface area (Å²) in [4.78, 5) is 12.1. The number of ketones is 1. The summed E-state index contributed by atoms with van der Waals surface area (Å²) >= 11 is 3.43. The van der Waals surface area contributed by atoms with E-state index in [4.69, 9.17) is 0 Å². The lowest BCUT2D eigenvalue weighted by Crippen LogP contribution is -2.07. The van der Waals surface area contributed by atoms with E-state index in [-0.39, 0.29) is 5.78 Å². The average Bonchev–Trinajstić information content (AvgIpc) is 2.26. The Labute approximate surface area is 122 Å². The Morgan fingerprint density at radius 3 is 2.21 bits per heavy atom. The van der Waals surface area contributed by atoms with Gasteiger partial charge in [-0.15, -0.1) is 0 Å². The van der Waals surface area contributed by atoms with E-state index in [0.29, 0.717) is 12.8 Å². The highest BCUT2D eigenvalue weighted by Crippen LogP contribution is 2.14. The lowest BCUT2D eigenvalue weighted by Gasteiger charge is -2.05. The fraction of sp³-hybridized carbons (Fsp3) is 0.235. The molecule has 2 aromatic carbocycles. The number of Topliss-reactive ketones (excluding diaryl/α,β-unsaturated/α-hetero) is 1. The molecule has 0 aromatic heterocycles. The van der Waals surface area contributed by atoms with E-state index in [1.165, 1.54) is 11.1 Å². The summed E-state index contributed by atoms with van der Waals surface area (Å²) in [6.07, 6.45) is 1.00. The lowest BCUT2D eigenvalue weighted by atomic mass is 10.00. The number of carbonyl (C=O) groups is 1. The standard InChI is InChI=1S/C17H17BrO/c1-12-6-13(2)8-15(7-12)11-17(19)10-14-4-3-5-16(18)9-14/h3-9H,10-11H2,1-2H3. The molecule has 0 saturated carbocycles. The van der Waals surface area contributed by atoms with Crippen LogP contribution < -0.4 is 0 Å². The zero-order valence-corrected chi connectivity index (χ0v) is 12.8. The van der Waals surface area contributed by atoms with Crippen molar-refractivity contribution in [2.75, 3.05) is 0 Å². The minimum atomic E-state index is 0.253. The van der Waals surface area contributed by atoms with E-state index in [0.717, 1.165) is 15.6 Å². The van der Waals surface area contributed by atoms with Gasteiger partial charge in [-0.25, -0.2) is 0 Å². The summed E-state index contributed by atoms with van der Waals surface area (Å²) in [6.45, 7) is 4.13. The van der Waals surface area contributed by atoms with Crippen molar-refractivity contribution in [2.24, 2.45) is 0 Å². The highest BCUT2D eigenvalue weighted by Gasteiger charge is 2.06. The van der Waals surface area contributed by atoms with Crippen LogP contribution in [0.2, 0.25) is 0 Å². The maximum atomic E-state index is 12.1. The summed E-state index contributed by atoms with van der Waals surface area (Å²) in [5.41, 5.74) is 4.59. The average molecular weight is 317 g/mol. The molecular formula is C17H17BrO. The Balaban J connectivity index is 2.05. The van der Waals surface area contributed by atoms with Crippen molar-refractivity contribution in [1.29, 1.82) is 0 Å². The van der Waals surface area contributed by atoms with Crippen LogP contribution in [0.4, 0.5) is 0 Å². The number of benzene rings is 2. The third kappa shape index (κ3) is 4.32. The molecule has 0 heterocycles. The van der Waals surface area contributed by atoms with Crippen molar-refractivity contribution < 1.29 is 4.79 Å². The molecule has 2 rings (SSSR count). The van der Waals surface area contributed by atoms with Gasteiger partial charge in [0.15, 0.2) is 0 Å². The topological polar surface area (TPSA) is 17.1 Å². The monoisotopic (exact) mass is 316 g/mol. The van der Waals surface area contributed by atoms with E-state index >= 15 is 0 Å². The Morgan fingerprint density at radius 1 is 0.947 bits per heavy atom. The highest BCUT2D eigenvalue weighted by molar-refractivity contribution is 9.10. The minimum absolute atomic E-state index is 0.253. The molecule has 1 nitrogen and oxygen atoms in total. The van der Waals surface area contributed by atoms with Gasteiger partial charge < -0.3 is 0 Å². The minimum Gasteiger partial charge on any atom is -0.299 e. The van der Waals surface area contributed by atoms with Crippen molar-refractivity contribution in [2.45, 2.75) is 26.7 Å². The molecule has 0 atom stereocenters. The van der Waals surface area contributed by atoms with Crippen LogP contribution in [0, 0.1) is 13.8 Å². The SMILES string of the molecule is Cc1cc(C)cc(CC(=O)Cc2cccc(Br)c2)c1. The summed E-state index contributed by atoms with van der Waals surface area (Å²) in [5.74, 6) is 0.253. The number of halogens is 1. The van der Waals surface area contributed by atoms with Gasteiger partial charge in [0.05, 0.1) is 0 Å². The molecule has 0 amide bonds. The number of carbonyl (C=O) groups excluding carboxylic acids is 1. The molecular weight excluding hydrogens is 300 g/mol. The Morgan fingerprint density at radius 2 is 1.58 bits per heavy atom. The van der Waals surface area contributed by atoms with Crippen molar-refractivity contribution in [3.05, 3.63) is 69.2 Å². The van der Waals surface area contributed by atoms with Gasteiger partial charge in [0.25, 0.3) is 0 Å². The third-order valence-corrected chi connectivity index (χ3v) is 3.47. The predicted molar refractivity (Wildman–Crippen MR) is 82.5 cm³/mol. The lowest BCUT2D eigenvalue weighted by molar-refractivity contribution is -0.117. The van der Waals surface area contributed by atoms with Crippen LogP contribution in [0.25, 0.3) is 0 Å². The largest absolute Gasteiger partial charge is 0.299 e. The number of hydrogen-bond acceptors (Lipinski definition) is 1. The molecule has 0 bridgehead atoms. The van der Waals surface area contributed by atoms with Gasteiger partial charge in [-0.05, 0) is 37.1 Å². The molecule has 98 valence electrons. The maximum absolute atomic E-state index is 12.1. The molecule has 0 N–H and O–H groups in total. The quantitative estimate of drug-likeness (QED) is 0.816. The second-order valence-electron chi connectivity index (χ2n) is 5.02. The van der Waals surface area contributed by atoms with Crippen molar-refractivity contribution in [1.82, 2.24) is 0 Å². The molecule has 19 heavy (non-hydrogen) atoms. The van der Waals surface area contributed by atoms with Gasteiger partial charge in [0.1, 0.15) is 5.78 Å². The molecule has 0 aliphatic heterocycles. The van der Waals surface area contributed by atoms with Crippen LogP contribution in [0.15, 0.2) is 46.9 Å². The molecule has 0 radical (unpaired) electrons. The fourth-order valence-corrected chi connectivity index (χ4v) is 2.78. The summed E-state index contributed by atoms with van der Waals surface area (Å²) < 4.78 is 1.02. The van der Waals surface area contributed by atoms with Crippen LogP contribution >= 0.6 is 15.9 Å². The van der Waals surface area contributed by atoms with Gasteiger partial charge in [-0.3, -0.25) is 4.79 Å². The molecule has 0 aliphatic carbocycles. The highest BCUT2D eigenvalue weighted by atomic mass is 79.9. The summed E-state index contributed by atoms with van der Waals surface area (Å²) in [5, 5.41) is 0. The Kier molecular flexibility index (Phi) is 4.54. The summed E-state index contributed by atoms with van der Waals surface area (Å²) in [7, 11) is 0. The molecule has 0 spiro atoms. The van der Waals surface area contributed by atoms with Crippen molar-refractivity contribution in [3.63, 3.8) is 0 Å². The van der Waals surface area contributed by atoms with Gasteiger partial charge in [0, 0.05) is 17.3 Å². The number of hydrogen-bond donors (Lipinski definition) is 0. The maximum Gasteiger partial charge on any atom is 0.141 e. The third-order valence-electron chi connectivity index (χ3n) is 2.97. The van der Waals surface area contributed by atoms with Crippen molar-refractivity contribution >= 4 is 21.7 Å². The van der Waals surface area contributed by atoms with Gasteiger partial charge in [-0.1, -0.05) is 57.4 Å². The van der Waals surface area contributed by atoms with E-state index < -0.39 is 0 Å². The molecule has 0 fully saturated rings. The first-order chi connectivity index (χ1) is 9.02. The first-order valence-electron chi connectivity index (χ1n) is 6.36. The zero-order valence-electron chi connectivity index (χ0n) is 11.2. The van der Waals surface area contributed by atoms with Crippen LogP contribution in [0.1, 0.15) is 22.3 Å². The Bertz CT molecular complexity index is 582. The van der Waals surface area contributed by atoms with Crippen LogP contribution in [0.5, 0.6) is 0 Å². The first-order valence-corrected chi connectivity index (χ1v) is 7.15. The van der Waals surface area contributed by atoms with E-state index in [1.54, 1.807) is 0 Å². The van der Waals surface area contributed by atoms with Crippen molar-refractivity contribution in [3.8, 4) is 0 Å². The first kappa shape index (κ1) is 14.0. The number of rotatable bonds is 4. The predicted octanol–water partition coefficient (Wildman–Crippen LogP) is 4.42. The van der Waals surface area contributed by atoms with Gasteiger partial charge >= 0.3 is 0 Å². The normalized spacial score (nSPS) is 10.5. The number of aryl methyl sites for hydroxylation is 2. The van der Waals surface area contributed by atoms with E-state index in [9.17, 15) is 4.79 Å².